The van der Waals surface area contributed by atoms with Crippen LogP contribution in [0.5, 0.6) is 0 Å². The first-order valence-corrected chi connectivity index (χ1v) is 10.7. The second-order valence-corrected chi connectivity index (χ2v) is 7.78. The summed E-state index contributed by atoms with van der Waals surface area (Å²) in [5, 5.41) is 14.2. The van der Waals surface area contributed by atoms with E-state index in [1.54, 1.807) is 0 Å². The Labute approximate surface area is 187 Å². The zero-order valence-corrected chi connectivity index (χ0v) is 18.3. The van der Waals surface area contributed by atoms with Gasteiger partial charge in [-0.25, -0.2) is 9.59 Å². The lowest BCUT2D eigenvalue weighted by atomic mass is 9.98. The zero-order chi connectivity index (χ0) is 23.1. The van der Waals surface area contributed by atoms with Gasteiger partial charge in [0.1, 0.15) is 6.61 Å². The molecule has 1 aliphatic carbocycles. The Kier molecular flexibility index (Phi) is 7.65. The molecule has 0 aliphatic heterocycles. The highest BCUT2D eigenvalue weighted by Crippen LogP contribution is 2.44. The summed E-state index contributed by atoms with van der Waals surface area (Å²) >= 11 is 0. The molecule has 2 amide bonds. The second-order valence-electron chi connectivity index (χ2n) is 7.78. The summed E-state index contributed by atoms with van der Waals surface area (Å²) in [6.45, 7) is 3.66. The summed E-state index contributed by atoms with van der Waals surface area (Å²) in [4.78, 5) is 35.3. The van der Waals surface area contributed by atoms with Crippen LogP contribution in [-0.2, 0) is 14.3 Å². The van der Waals surface area contributed by atoms with Crippen molar-refractivity contribution in [3.8, 4) is 11.1 Å². The SMILES string of the molecule is CC[C@H](CC(=O)NC/C=C(\C)C(=O)O)NC(=O)OCC1c2ccccc2-c2ccccc21. The van der Waals surface area contributed by atoms with Crippen LogP contribution in [0, 0.1) is 0 Å². The average Bonchev–Trinajstić information content (AvgIpc) is 3.10. The highest BCUT2D eigenvalue weighted by Gasteiger charge is 2.29. The number of carboxylic acids is 1. The Bertz CT molecular complexity index is 985. The van der Waals surface area contributed by atoms with E-state index in [4.69, 9.17) is 9.84 Å². The van der Waals surface area contributed by atoms with Crippen LogP contribution in [0.2, 0.25) is 0 Å². The van der Waals surface area contributed by atoms with Crippen molar-refractivity contribution < 1.29 is 24.2 Å². The van der Waals surface area contributed by atoms with E-state index in [2.05, 4.69) is 34.9 Å². The number of fused-ring (bicyclic) bond motifs is 3. The topological polar surface area (TPSA) is 105 Å². The van der Waals surface area contributed by atoms with Crippen LogP contribution in [0.15, 0.2) is 60.2 Å². The molecule has 0 fully saturated rings. The first-order valence-electron chi connectivity index (χ1n) is 10.7. The number of carbonyl (C=O) groups is 3. The monoisotopic (exact) mass is 436 g/mol. The van der Waals surface area contributed by atoms with E-state index in [1.807, 2.05) is 31.2 Å². The molecule has 32 heavy (non-hydrogen) atoms. The molecule has 2 aromatic rings. The summed E-state index contributed by atoms with van der Waals surface area (Å²) in [5.74, 6) is -1.33. The Balaban J connectivity index is 1.52. The summed E-state index contributed by atoms with van der Waals surface area (Å²) in [7, 11) is 0. The highest BCUT2D eigenvalue weighted by molar-refractivity contribution is 5.86. The maximum atomic E-state index is 12.4. The zero-order valence-electron chi connectivity index (χ0n) is 18.3. The maximum Gasteiger partial charge on any atom is 0.407 e. The van der Waals surface area contributed by atoms with E-state index in [9.17, 15) is 14.4 Å². The molecule has 0 heterocycles. The predicted molar refractivity (Wildman–Crippen MR) is 121 cm³/mol. The number of carbonyl (C=O) groups excluding carboxylic acids is 2. The normalized spacial score (nSPS) is 13.6. The van der Waals surface area contributed by atoms with Crippen molar-refractivity contribution in [1.82, 2.24) is 10.6 Å². The van der Waals surface area contributed by atoms with Crippen LogP contribution in [0.3, 0.4) is 0 Å². The van der Waals surface area contributed by atoms with E-state index in [-0.39, 0.29) is 43.0 Å². The molecule has 1 aliphatic rings. The van der Waals surface area contributed by atoms with Crippen molar-refractivity contribution in [2.45, 2.75) is 38.6 Å². The minimum atomic E-state index is -1.03. The van der Waals surface area contributed by atoms with Crippen LogP contribution in [-0.4, -0.2) is 42.3 Å². The summed E-state index contributed by atoms with van der Waals surface area (Å²) in [6.07, 6.45) is 1.51. The Morgan fingerprint density at radius 3 is 2.22 bits per heavy atom. The number of hydrogen-bond acceptors (Lipinski definition) is 4. The largest absolute Gasteiger partial charge is 0.478 e. The molecule has 7 nitrogen and oxygen atoms in total. The number of rotatable bonds is 9. The fourth-order valence-corrected chi connectivity index (χ4v) is 3.81. The molecule has 0 saturated heterocycles. The van der Waals surface area contributed by atoms with Gasteiger partial charge in [0.05, 0.1) is 0 Å². The smallest absolute Gasteiger partial charge is 0.407 e. The second kappa shape index (κ2) is 10.6. The average molecular weight is 437 g/mol. The summed E-state index contributed by atoms with van der Waals surface area (Å²) < 4.78 is 5.54. The molecule has 168 valence electrons. The minimum Gasteiger partial charge on any atom is -0.478 e. The maximum absolute atomic E-state index is 12.4. The van der Waals surface area contributed by atoms with Crippen LogP contribution in [0.4, 0.5) is 4.79 Å². The van der Waals surface area contributed by atoms with Gasteiger partial charge >= 0.3 is 12.1 Å². The van der Waals surface area contributed by atoms with Crippen molar-refractivity contribution in [2.24, 2.45) is 0 Å². The van der Waals surface area contributed by atoms with Crippen molar-refractivity contribution in [3.63, 3.8) is 0 Å². The molecule has 0 spiro atoms. The molecule has 0 aromatic heterocycles. The molecular formula is C25H28N2O5. The minimum absolute atomic E-state index is 0.0270. The lowest BCUT2D eigenvalue weighted by Gasteiger charge is -2.18. The summed E-state index contributed by atoms with van der Waals surface area (Å²) in [6, 6.07) is 15.9. The highest BCUT2D eigenvalue weighted by atomic mass is 16.5. The van der Waals surface area contributed by atoms with Crippen molar-refractivity contribution >= 4 is 18.0 Å². The van der Waals surface area contributed by atoms with Gasteiger partial charge in [-0.3, -0.25) is 4.79 Å². The Hall–Kier alpha value is -3.61. The van der Waals surface area contributed by atoms with Gasteiger partial charge in [0.2, 0.25) is 5.91 Å². The quantitative estimate of drug-likeness (QED) is 0.518. The van der Waals surface area contributed by atoms with Gasteiger partial charge in [0.25, 0.3) is 0 Å². The molecule has 3 rings (SSSR count). The molecule has 3 N–H and O–H groups in total. The van der Waals surface area contributed by atoms with Gasteiger partial charge in [-0.2, -0.15) is 0 Å². The van der Waals surface area contributed by atoms with Gasteiger partial charge < -0.3 is 20.5 Å². The first-order chi connectivity index (χ1) is 15.4. The van der Waals surface area contributed by atoms with Crippen molar-refractivity contribution in [1.29, 1.82) is 0 Å². The molecule has 7 heteroatoms. The van der Waals surface area contributed by atoms with Crippen molar-refractivity contribution in [3.05, 3.63) is 71.3 Å². The van der Waals surface area contributed by atoms with Crippen LogP contribution in [0.25, 0.3) is 11.1 Å². The lowest BCUT2D eigenvalue weighted by molar-refractivity contribution is -0.132. The predicted octanol–water partition coefficient (Wildman–Crippen LogP) is 3.84. The molecule has 0 unspecified atom stereocenters. The third-order valence-corrected chi connectivity index (χ3v) is 5.64. The molecule has 0 radical (unpaired) electrons. The van der Waals surface area contributed by atoms with Crippen molar-refractivity contribution in [2.75, 3.05) is 13.2 Å². The molecular weight excluding hydrogens is 408 g/mol. The van der Waals surface area contributed by atoms with E-state index in [0.717, 1.165) is 22.3 Å². The van der Waals surface area contributed by atoms with Gasteiger partial charge in [-0.15, -0.1) is 0 Å². The number of aliphatic carboxylic acids is 1. The molecule has 1 atom stereocenters. The number of benzene rings is 2. The fourth-order valence-electron chi connectivity index (χ4n) is 3.81. The molecule has 0 bridgehead atoms. The standard InChI is InChI=1S/C25H28N2O5/c1-3-17(14-23(28)26-13-12-16(2)24(29)30)27-25(31)32-15-22-20-10-6-4-8-18(20)19-9-5-7-11-21(19)22/h4-12,17,22H,3,13-15H2,1-2H3,(H,26,28)(H,27,31)(H,29,30)/b16-12+/t17-/m1/s1. The first kappa shape index (κ1) is 23.1. The van der Waals surface area contributed by atoms with E-state index < -0.39 is 12.1 Å². The van der Waals surface area contributed by atoms with Gasteiger partial charge in [0.15, 0.2) is 0 Å². The lowest BCUT2D eigenvalue weighted by Crippen LogP contribution is -2.39. The Morgan fingerprint density at radius 1 is 1.06 bits per heavy atom. The van der Waals surface area contributed by atoms with E-state index in [1.165, 1.54) is 13.0 Å². The number of nitrogens with one attached hydrogen (secondary N) is 2. The number of amides is 2. The van der Waals surface area contributed by atoms with E-state index in [0.29, 0.717) is 6.42 Å². The number of alkyl carbamates (subject to hydrolysis) is 1. The third kappa shape index (κ3) is 5.55. The van der Waals surface area contributed by atoms with E-state index >= 15 is 0 Å². The number of hydrogen-bond donors (Lipinski definition) is 3. The third-order valence-electron chi connectivity index (χ3n) is 5.64. The van der Waals surface area contributed by atoms with Crippen LogP contribution < -0.4 is 10.6 Å². The summed E-state index contributed by atoms with van der Waals surface area (Å²) in [5.41, 5.74) is 4.75. The van der Waals surface area contributed by atoms with Crippen LogP contribution >= 0.6 is 0 Å². The Morgan fingerprint density at radius 2 is 1.66 bits per heavy atom. The molecule has 0 saturated carbocycles. The van der Waals surface area contributed by atoms with Gasteiger partial charge in [0, 0.05) is 30.5 Å². The van der Waals surface area contributed by atoms with Gasteiger partial charge in [-0.1, -0.05) is 61.5 Å². The fraction of sp³-hybridized carbons (Fsp3) is 0.320. The van der Waals surface area contributed by atoms with Crippen LogP contribution in [0.1, 0.15) is 43.7 Å². The molecule has 2 aromatic carbocycles. The number of ether oxygens (including phenoxy) is 1. The van der Waals surface area contributed by atoms with Gasteiger partial charge in [-0.05, 0) is 35.6 Å². The number of carboxylic acid groups (broad SMARTS) is 1.